The van der Waals surface area contributed by atoms with Gasteiger partial charge in [-0.15, -0.1) is 0 Å². The number of methoxy groups -OCH3 is 1. The predicted octanol–water partition coefficient (Wildman–Crippen LogP) is 0.827. The number of imidazole rings is 1. The van der Waals surface area contributed by atoms with Gasteiger partial charge in [-0.2, -0.15) is 0 Å². The van der Waals surface area contributed by atoms with Crippen LogP contribution in [0.3, 0.4) is 0 Å². The van der Waals surface area contributed by atoms with Crippen LogP contribution in [0.2, 0.25) is 0 Å². The first-order valence-electron chi connectivity index (χ1n) is 6.50. The minimum absolute atomic E-state index is 0.187. The highest BCUT2D eigenvalue weighted by Gasteiger charge is 2.24. The van der Waals surface area contributed by atoms with Crippen LogP contribution >= 0.6 is 0 Å². The van der Waals surface area contributed by atoms with E-state index in [4.69, 9.17) is 4.74 Å². The summed E-state index contributed by atoms with van der Waals surface area (Å²) in [6, 6.07) is 0.187. The van der Waals surface area contributed by atoms with E-state index in [1.165, 1.54) is 0 Å². The largest absolute Gasteiger partial charge is 0.383 e. The van der Waals surface area contributed by atoms with E-state index < -0.39 is 9.84 Å². The first-order valence-corrected chi connectivity index (χ1v) is 8.32. The van der Waals surface area contributed by atoms with Gasteiger partial charge in [0.05, 0.1) is 23.8 Å². The van der Waals surface area contributed by atoms with E-state index in [0.717, 1.165) is 18.2 Å². The molecule has 2 heterocycles. The molecule has 108 valence electrons. The SMILES string of the molecule is COCCn1cc(C)nc1NC1CCS(=O)(=O)CC1. The van der Waals surface area contributed by atoms with Gasteiger partial charge in [0.25, 0.3) is 0 Å². The molecule has 1 aliphatic rings. The standard InChI is InChI=1S/C12H21N3O3S/c1-10-9-15(5-6-18-2)12(13-10)14-11-3-7-19(16,17)8-4-11/h9,11H,3-8H2,1-2H3,(H,13,14). The molecule has 0 spiro atoms. The van der Waals surface area contributed by atoms with E-state index in [2.05, 4.69) is 10.3 Å². The molecule has 0 radical (unpaired) electrons. The van der Waals surface area contributed by atoms with Gasteiger partial charge in [-0.25, -0.2) is 13.4 Å². The predicted molar refractivity (Wildman–Crippen MR) is 74.1 cm³/mol. The Morgan fingerprint density at radius 1 is 1.47 bits per heavy atom. The van der Waals surface area contributed by atoms with Crippen LogP contribution in [0.15, 0.2) is 6.20 Å². The molecule has 0 unspecified atom stereocenters. The van der Waals surface area contributed by atoms with Crippen molar-refractivity contribution in [3.63, 3.8) is 0 Å². The van der Waals surface area contributed by atoms with Crippen LogP contribution in [0.4, 0.5) is 5.95 Å². The number of aromatic nitrogens is 2. The highest BCUT2D eigenvalue weighted by Crippen LogP contribution is 2.17. The van der Waals surface area contributed by atoms with E-state index in [-0.39, 0.29) is 17.5 Å². The Labute approximate surface area is 114 Å². The van der Waals surface area contributed by atoms with Gasteiger partial charge in [0.15, 0.2) is 0 Å². The summed E-state index contributed by atoms with van der Waals surface area (Å²) in [6.07, 6.45) is 3.28. The number of hydrogen-bond acceptors (Lipinski definition) is 5. The number of nitrogens with one attached hydrogen (secondary N) is 1. The summed E-state index contributed by atoms with van der Waals surface area (Å²) in [5.41, 5.74) is 0.946. The molecule has 6 nitrogen and oxygen atoms in total. The summed E-state index contributed by atoms with van der Waals surface area (Å²) < 4.78 is 29.9. The van der Waals surface area contributed by atoms with Crippen LogP contribution in [0.25, 0.3) is 0 Å². The van der Waals surface area contributed by atoms with E-state index in [1.54, 1.807) is 7.11 Å². The molecule has 1 aliphatic heterocycles. The van der Waals surface area contributed by atoms with Crippen molar-refractivity contribution in [2.75, 3.05) is 30.5 Å². The highest BCUT2D eigenvalue weighted by molar-refractivity contribution is 7.91. The lowest BCUT2D eigenvalue weighted by Crippen LogP contribution is -2.33. The Kier molecular flexibility index (Phi) is 4.46. The summed E-state index contributed by atoms with van der Waals surface area (Å²) >= 11 is 0. The average Bonchev–Trinajstić information content (AvgIpc) is 2.70. The fraction of sp³-hybridized carbons (Fsp3) is 0.750. The first kappa shape index (κ1) is 14.3. The third-order valence-electron chi connectivity index (χ3n) is 3.32. The number of aryl methyl sites for hydroxylation is 1. The number of nitrogens with zero attached hydrogens (tertiary/aromatic N) is 2. The number of hydrogen-bond donors (Lipinski definition) is 1. The van der Waals surface area contributed by atoms with Gasteiger partial charge in [0, 0.05) is 25.9 Å². The molecule has 1 aromatic rings. The van der Waals surface area contributed by atoms with Gasteiger partial charge in [0.1, 0.15) is 9.84 Å². The second kappa shape index (κ2) is 5.92. The van der Waals surface area contributed by atoms with Crippen molar-refractivity contribution in [2.24, 2.45) is 0 Å². The Hall–Kier alpha value is -1.08. The second-order valence-electron chi connectivity index (χ2n) is 4.96. The smallest absolute Gasteiger partial charge is 0.203 e. The summed E-state index contributed by atoms with van der Waals surface area (Å²) in [7, 11) is -1.14. The van der Waals surface area contributed by atoms with E-state index >= 15 is 0 Å². The molecule has 0 aliphatic carbocycles. The lowest BCUT2D eigenvalue weighted by molar-refractivity contribution is 0.187. The van der Waals surface area contributed by atoms with Crippen molar-refractivity contribution in [1.29, 1.82) is 0 Å². The Morgan fingerprint density at radius 2 is 2.16 bits per heavy atom. The maximum Gasteiger partial charge on any atom is 0.203 e. The molecule has 1 aromatic heterocycles. The lowest BCUT2D eigenvalue weighted by Gasteiger charge is -2.23. The van der Waals surface area contributed by atoms with Crippen molar-refractivity contribution >= 4 is 15.8 Å². The van der Waals surface area contributed by atoms with Crippen molar-refractivity contribution in [3.8, 4) is 0 Å². The highest BCUT2D eigenvalue weighted by atomic mass is 32.2. The van der Waals surface area contributed by atoms with Gasteiger partial charge in [-0.05, 0) is 19.8 Å². The molecule has 1 fully saturated rings. The van der Waals surface area contributed by atoms with Crippen molar-refractivity contribution in [2.45, 2.75) is 32.4 Å². The van der Waals surface area contributed by atoms with Gasteiger partial charge in [0.2, 0.25) is 5.95 Å². The van der Waals surface area contributed by atoms with Crippen LogP contribution in [0, 0.1) is 6.92 Å². The van der Waals surface area contributed by atoms with Crippen LogP contribution in [0.1, 0.15) is 18.5 Å². The molecule has 0 atom stereocenters. The molecule has 1 N–H and O–H groups in total. The Bertz CT molecular complexity index is 510. The zero-order valence-corrected chi connectivity index (χ0v) is 12.2. The number of ether oxygens (including phenoxy) is 1. The van der Waals surface area contributed by atoms with Crippen LogP contribution < -0.4 is 5.32 Å². The summed E-state index contributed by atoms with van der Waals surface area (Å²) in [6.45, 7) is 3.31. The Balaban J connectivity index is 1.99. The van der Waals surface area contributed by atoms with E-state index in [9.17, 15) is 8.42 Å². The summed E-state index contributed by atoms with van der Waals surface area (Å²) in [5.74, 6) is 1.34. The molecule has 19 heavy (non-hydrogen) atoms. The number of anilines is 1. The minimum atomic E-state index is -2.81. The van der Waals surface area contributed by atoms with Crippen molar-refractivity contribution in [3.05, 3.63) is 11.9 Å². The molecule has 0 aromatic carbocycles. The zero-order chi connectivity index (χ0) is 13.9. The molecule has 7 heteroatoms. The minimum Gasteiger partial charge on any atom is -0.383 e. The number of sulfone groups is 1. The summed E-state index contributed by atoms with van der Waals surface area (Å²) in [5, 5.41) is 3.35. The maximum atomic E-state index is 11.4. The molecule has 0 saturated carbocycles. The van der Waals surface area contributed by atoms with Gasteiger partial charge in [-0.1, -0.05) is 0 Å². The quantitative estimate of drug-likeness (QED) is 0.868. The lowest BCUT2D eigenvalue weighted by atomic mass is 10.2. The maximum absolute atomic E-state index is 11.4. The normalized spacial score (nSPS) is 19.5. The van der Waals surface area contributed by atoms with Crippen LogP contribution in [0.5, 0.6) is 0 Å². The molecule has 2 rings (SSSR count). The third-order valence-corrected chi connectivity index (χ3v) is 5.04. The molecule has 0 amide bonds. The third kappa shape index (κ3) is 3.94. The topological polar surface area (TPSA) is 73.2 Å². The molecular formula is C12H21N3O3S. The molecule has 0 bridgehead atoms. The first-order chi connectivity index (χ1) is 9.00. The fourth-order valence-corrected chi connectivity index (χ4v) is 3.73. The van der Waals surface area contributed by atoms with Crippen molar-refractivity contribution in [1.82, 2.24) is 9.55 Å². The number of rotatable bonds is 5. The van der Waals surface area contributed by atoms with E-state index in [1.807, 2.05) is 17.7 Å². The second-order valence-corrected chi connectivity index (χ2v) is 7.27. The average molecular weight is 287 g/mol. The van der Waals surface area contributed by atoms with Gasteiger partial charge >= 0.3 is 0 Å². The van der Waals surface area contributed by atoms with Crippen LogP contribution in [-0.4, -0.2) is 49.2 Å². The zero-order valence-electron chi connectivity index (χ0n) is 11.4. The Morgan fingerprint density at radius 3 is 2.79 bits per heavy atom. The fourth-order valence-electron chi connectivity index (χ4n) is 2.24. The van der Waals surface area contributed by atoms with Gasteiger partial charge in [-0.3, -0.25) is 0 Å². The van der Waals surface area contributed by atoms with E-state index in [0.29, 0.717) is 19.4 Å². The van der Waals surface area contributed by atoms with Crippen LogP contribution in [-0.2, 0) is 21.1 Å². The molecule has 1 saturated heterocycles. The van der Waals surface area contributed by atoms with Gasteiger partial charge < -0.3 is 14.6 Å². The summed E-state index contributed by atoms with van der Waals surface area (Å²) in [4.78, 5) is 4.44. The molecular weight excluding hydrogens is 266 g/mol. The monoisotopic (exact) mass is 287 g/mol. The van der Waals surface area contributed by atoms with Crippen molar-refractivity contribution < 1.29 is 13.2 Å².